The number of ether oxygens (including phenoxy) is 1. The molecule has 1 atom stereocenters. The lowest BCUT2D eigenvalue weighted by Crippen LogP contribution is -2.11. The van der Waals surface area contributed by atoms with Gasteiger partial charge < -0.3 is 10.5 Å². The van der Waals surface area contributed by atoms with Crippen molar-refractivity contribution in [2.45, 2.75) is 33.1 Å². The molecule has 1 aromatic heterocycles. The number of rotatable bonds is 4. The molecule has 74 valence electrons. The lowest BCUT2D eigenvalue weighted by atomic mass is 10.3. The third kappa shape index (κ3) is 3.00. The molecular weight excluding hydrogens is 234 g/mol. The predicted molar refractivity (Wildman–Crippen MR) is 55.2 cm³/mol. The molecule has 0 aliphatic heterocycles. The van der Waals surface area contributed by atoms with Gasteiger partial charge in [0.05, 0.1) is 10.6 Å². The van der Waals surface area contributed by atoms with Crippen LogP contribution in [0.2, 0.25) is 0 Å². The third-order valence-electron chi connectivity index (χ3n) is 1.81. The molecule has 0 radical (unpaired) electrons. The van der Waals surface area contributed by atoms with E-state index >= 15 is 0 Å². The number of aromatic nitrogens is 2. The van der Waals surface area contributed by atoms with Crippen molar-refractivity contribution in [2.24, 2.45) is 0 Å². The highest BCUT2D eigenvalue weighted by atomic mass is 79.9. The Labute approximate surface area is 86.2 Å². The van der Waals surface area contributed by atoms with Gasteiger partial charge in [-0.1, -0.05) is 6.92 Å². The molecule has 2 N–H and O–H groups in total. The van der Waals surface area contributed by atoms with E-state index in [0.717, 1.165) is 10.9 Å². The summed E-state index contributed by atoms with van der Waals surface area (Å²) in [6.07, 6.45) is 3.06. The van der Waals surface area contributed by atoms with Gasteiger partial charge in [-0.25, -0.2) is 4.68 Å². The zero-order chi connectivity index (χ0) is 9.84. The van der Waals surface area contributed by atoms with Crippen molar-refractivity contribution in [3.63, 3.8) is 0 Å². The quantitative estimate of drug-likeness (QED) is 0.886. The number of halogens is 1. The van der Waals surface area contributed by atoms with E-state index in [1.54, 1.807) is 10.9 Å². The fourth-order valence-corrected chi connectivity index (χ4v) is 1.12. The second-order valence-corrected chi connectivity index (χ2v) is 3.77. The fourth-order valence-electron chi connectivity index (χ4n) is 0.800. The van der Waals surface area contributed by atoms with E-state index in [9.17, 15) is 0 Å². The minimum atomic E-state index is 0.254. The van der Waals surface area contributed by atoms with Crippen molar-refractivity contribution >= 4 is 21.7 Å². The van der Waals surface area contributed by atoms with E-state index in [-0.39, 0.29) is 6.10 Å². The summed E-state index contributed by atoms with van der Waals surface area (Å²) < 4.78 is 7.95. The third-order valence-corrected chi connectivity index (χ3v) is 2.42. The normalized spacial score (nSPS) is 13.2. The fraction of sp³-hybridized carbons (Fsp3) is 0.625. The topological polar surface area (TPSA) is 53.1 Å². The van der Waals surface area contributed by atoms with Gasteiger partial charge in [0, 0.05) is 6.20 Å². The second-order valence-electron chi connectivity index (χ2n) is 2.92. The van der Waals surface area contributed by atoms with Crippen molar-refractivity contribution in [3.8, 4) is 0 Å². The molecule has 5 heteroatoms. The largest absolute Gasteiger partial charge is 0.381 e. The summed E-state index contributed by atoms with van der Waals surface area (Å²) >= 11 is 3.28. The Hall–Kier alpha value is -0.550. The number of hydrogen-bond donors (Lipinski definition) is 1. The van der Waals surface area contributed by atoms with Crippen molar-refractivity contribution < 1.29 is 4.74 Å². The molecule has 0 aliphatic carbocycles. The van der Waals surface area contributed by atoms with Gasteiger partial charge in [0.15, 0.2) is 5.82 Å². The van der Waals surface area contributed by atoms with E-state index in [1.165, 1.54) is 0 Å². The van der Waals surface area contributed by atoms with Gasteiger partial charge in [0.25, 0.3) is 0 Å². The zero-order valence-electron chi connectivity index (χ0n) is 7.83. The maximum atomic E-state index is 5.55. The Bertz CT molecular complexity index is 255. The number of hydrogen-bond acceptors (Lipinski definition) is 3. The molecule has 0 fully saturated rings. The molecule has 0 aromatic carbocycles. The first kappa shape index (κ1) is 10.5. The van der Waals surface area contributed by atoms with Crippen molar-refractivity contribution in [3.05, 3.63) is 10.7 Å². The van der Waals surface area contributed by atoms with Crippen LogP contribution >= 0.6 is 15.9 Å². The highest BCUT2D eigenvalue weighted by molar-refractivity contribution is 9.10. The summed E-state index contributed by atoms with van der Waals surface area (Å²) in [5.41, 5.74) is 5.55. The number of nitrogen functional groups attached to an aromatic ring is 1. The summed E-state index contributed by atoms with van der Waals surface area (Å²) in [5, 5.41) is 4.04. The van der Waals surface area contributed by atoms with E-state index in [1.807, 2.05) is 6.92 Å². The molecule has 1 unspecified atom stereocenters. The van der Waals surface area contributed by atoms with E-state index < -0.39 is 0 Å². The summed E-state index contributed by atoms with van der Waals surface area (Å²) in [5.74, 6) is 0.493. The Morgan fingerprint density at radius 2 is 2.46 bits per heavy atom. The summed E-state index contributed by atoms with van der Waals surface area (Å²) in [7, 11) is 0. The van der Waals surface area contributed by atoms with Crippen LogP contribution in [0.5, 0.6) is 0 Å². The number of anilines is 1. The van der Waals surface area contributed by atoms with Gasteiger partial charge in [0.1, 0.15) is 6.73 Å². The van der Waals surface area contributed by atoms with Gasteiger partial charge in [-0.15, -0.1) is 0 Å². The van der Waals surface area contributed by atoms with E-state index in [4.69, 9.17) is 10.5 Å². The minimum absolute atomic E-state index is 0.254. The van der Waals surface area contributed by atoms with Crippen LogP contribution in [-0.4, -0.2) is 15.9 Å². The monoisotopic (exact) mass is 247 g/mol. The lowest BCUT2D eigenvalue weighted by Gasteiger charge is -2.09. The predicted octanol–water partition coefficient (Wildman–Crippen LogP) is 2.00. The molecule has 13 heavy (non-hydrogen) atoms. The first-order valence-corrected chi connectivity index (χ1v) is 5.02. The van der Waals surface area contributed by atoms with Crippen LogP contribution in [0.3, 0.4) is 0 Å². The van der Waals surface area contributed by atoms with Crippen LogP contribution in [0.1, 0.15) is 20.3 Å². The molecule has 4 nitrogen and oxygen atoms in total. The maximum Gasteiger partial charge on any atom is 0.159 e. The summed E-state index contributed by atoms with van der Waals surface area (Å²) in [6.45, 7) is 4.56. The molecule has 1 heterocycles. The highest BCUT2D eigenvalue weighted by Crippen LogP contribution is 2.16. The molecule has 0 saturated carbocycles. The van der Waals surface area contributed by atoms with Crippen LogP contribution in [-0.2, 0) is 11.5 Å². The van der Waals surface area contributed by atoms with Gasteiger partial charge in [-0.3, -0.25) is 0 Å². The number of nitrogens with two attached hydrogens (primary N) is 1. The summed E-state index contributed by atoms with van der Waals surface area (Å²) in [4.78, 5) is 0. The van der Waals surface area contributed by atoms with Crippen LogP contribution in [0, 0.1) is 0 Å². The zero-order valence-corrected chi connectivity index (χ0v) is 9.41. The molecule has 1 aromatic rings. The molecule has 1 rings (SSSR count). The van der Waals surface area contributed by atoms with Crippen molar-refractivity contribution in [1.82, 2.24) is 9.78 Å². The first-order valence-electron chi connectivity index (χ1n) is 4.23. The molecule has 0 spiro atoms. The molecule has 0 aliphatic rings. The Kier molecular flexibility index (Phi) is 3.74. The number of nitrogens with zero attached hydrogens (tertiary/aromatic N) is 2. The lowest BCUT2D eigenvalue weighted by molar-refractivity contribution is 0.00997. The second kappa shape index (κ2) is 4.62. The summed E-state index contributed by atoms with van der Waals surface area (Å²) in [6, 6.07) is 0. The van der Waals surface area contributed by atoms with Crippen molar-refractivity contribution in [1.29, 1.82) is 0 Å². The van der Waals surface area contributed by atoms with Gasteiger partial charge in [-0.05, 0) is 29.3 Å². The molecule has 0 saturated heterocycles. The van der Waals surface area contributed by atoms with Crippen LogP contribution in [0.15, 0.2) is 10.7 Å². The minimum Gasteiger partial charge on any atom is -0.381 e. The van der Waals surface area contributed by atoms with Crippen molar-refractivity contribution in [2.75, 3.05) is 5.73 Å². The maximum absolute atomic E-state index is 5.55. The van der Waals surface area contributed by atoms with Crippen LogP contribution in [0.25, 0.3) is 0 Å². The van der Waals surface area contributed by atoms with E-state index in [0.29, 0.717) is 12.5 Å². The molecule has 0 amide bonds. The Balaban J connectivity index is 2.45. The molecular formula is C8H14BrN3O. The Morgan fingerprint density at radius 1 is 1.77 bits per heavy atom. The first-order chi connectivity index (χ1) is 6.13. The molecule has 0 bridgehead atoms. The van der Waals surface area contributed by atoms with Gasteiger partial charge in [-0.2, -0.15) is 5.10 Å². The SMILES string of the molecule is CCC(C)OCn1cc(Br)c(N)n1. The smallest absolute Gasteiger partial charge is 0.159 e. The van der Waals surface area contributed by atoms with Crippen LogP contribution < -0.4 is 5.73 Å². The van der Waals surface area contributed by atoms with Gasteiger partial charge >= 0.3 is 0 Å². The standard InChI is InChI=1S/C8H14BrN3O/c1-3-6(2)13-5-12-4-7(9)8(10)11-12/h4,6H,3,5H2,1-2H3,(H2,10,11). The average Bonchev–Trinajstić information content (AvgIpc) is 2.42. The van der Waals surface area contributed by atoms with Crippen LogP contribution in [0.4, 0.5) is 5.82 Å². The Morgan fingerprint density at radius 3 is 2.92 bits per heavy atom. The van der Waals surface area contributed by atoms with E-state index in [2.05, 4.69) is 28.0 Å². The average molecular weight is 248 g/mol. The highest BCUT2D eigenvalue weighted by Gasteiger charge is 2.03. The van der Waals surface area contributed by atoms with Gasteiger partial charge in [0.2, 0.25) is 0 Å².